The van der Waals surface area contributed by atoms with E-state index in [4.69, 9.17) is 10.8 Å². The summed E-state index contributed by atoms with van der Waals surface area (Å²) >= 11 is 0. The van der Waals surface area contributed by atoms with E-state index >= 15 is 0 Å². The van der Waals surface area contributed by atoms with Gasteiger partial charge in [-0.2, -0.15) is 0 Å². The van der Waals surface area contributed by atoms with Crippen LogP contribution in [0.5, 0.6) is 0 Å². The molecule has 13 heavy (non-hydrogen) atoms. The standard InChI is InChI=1S/C6H5FN2O2.2ClH/c7-3-1-9-2-4(8)5(3)6(10)11;;/h1-2H,8H2,(H,10,11);2*1H. The van der Waals surface area contributed by atoms with Gasteiger partial charge in [0.15, 0.2) is 5.82 Å². The zero-order valence-corrected chi connectivity index (χ0v) is 7.86. The maximum Gasteiger partial charge on any atom is 0.340 e. The molecule has 3 N–H and O–H groups in total. The van der Waals surface area contributed by atoms with E-state index < -0.39 is 17.3 Å². The van der Waals surface area contributed by atoms with Gasteiger partial charge in [0.05, 0.1) is 18.1 Å². The fourth-order valence-electron chi connectivity index (χ4n) is 0.676. The van der Waals surface area contributed by atoms with Gasteiger partial charge in [0, 0.05) is 0 Å². The summed E-state index contributed by atoms with van der Waals surface area (Å²) in [6, 6.07) is 0. The van der Waals surface area contributed by atoms with Gasteiger partial charge in [-0.3, -0.25) is 4.98 Å². The van der Waals surface area contributed by atoms with E-state index in [0.717, 1.165) is 12.4 Å². The predicted molar refractivity (Wildman–Crippen MR) is 50.1 cm³/mol. The summed E-state index contributed by atoms with van der Waals surface area (Å²) in [5.74, 6) is -2.31. The first-order valence-electron chi connectivity index (χ1n) is 2.75. The topological polar surface area (TPSA) is 76.2 Å². The van der Waals surface area contributed by atoms with Gasteiger partial charge in [-0.1, -0.05) is 0 Å². The summed E-state index contributed by atoms with van der Waals surface area (Å²) < 4.78 is 12.6. The molecule has 0 fully saturated rings. The van der Waals surface area contributed by atoms with Crippen molar-refractivity contribution in [3.8, 4) is 0 Å². The molecule has 0 unspecified atom stereocenters. The molecule has 0 radical (unpaired) electrons. The molecule has 0 bridgehead atoms. The van der Waals surface area contributed by atoms with Crippen molar-refractivity contribution in [2.24, 2.45) is 0 Å². The van der Waals surface area contributed by atoms with Crippen molar-refractivity contribution in [2.75, 3.05) is 5.73 Å². The second kappa shape index (κ2) is 5.55. The molecule has 74 valence electrons. The lowest BCUT2D eigenvalue weighted by molar-refractivity contribution is 0.0693. The Morgan fingerprint density at radius 2 is 2.00 bits per heavy atom. The average Bonchev–Trinajstić information content (AvgIpc) is 1.85. The normalized spacial score (nSPS) is 8.08. The highest BCUT2D eigenvalue weighted by atomic mass is 35.5. The van der Waals surface area contributed by atoms with Crippen LogP contribution in [0.25, 0.3) is 0 Å². The molecule has 1 rings (SSSR count). The van der Waals surface area contributed by atoms with Gasteiger partial charge in [0.25, 0.3) is 0 Å². The Morgan fingerprint density at radius 3 is 2.31 bits per heavy atom. The Morgan fingerprint density at radius 1 is 1.46 bits per heavy atom. The second-order valence-electron chi connectivity index (χ2n) is 1.89. The van der Waals surface area contributed by atoms with Gasteiger partial charge in [0.2, 0.25) is 0 Å². The maximum absolute atomic E-state index is 12.6. The fraction of sp³-hybridized carbons (Fsp3) is 0. The van der Waals surface area contributed by atoms with Crippen molar-refractivity contribution in [3.05, 3.63) is 23.8 Å². The first-order valence-corrected chi connectivity index (χ1v) is 2.75. The Labute approximate surface area is 85.8 Å². The molecule has 7 heteroatoms. The molecule has 1 aromatic heterocycles. The number of anilines is 1. The van der Waals surface area contributed by atoms with Crippen molar-refractivity contribution in [3.63, 3.8) is 0 Å². The van der Waals surface area contributed by atoms with Gasteiger partial charge in [0.1, 0.15) is 5.56 Å². The van der Waals surface area contributed by atoms with Crippen LogP contribution in [0.15, 0.2) is 12.4 Å². The number of nitrogen functional groups attached to an aromatic ring is 1. The molecule has 0 saturated carbocycles. The lowest BCUT2D eigenvalue weighted by Gasteiger charge is -1.98. The van der Waals surface area contributed by atoms with Crippen molar-refractivity contribution in [2.45, 2.75) is 0 Å². The largest absolute Gasteiger partial charge is 0.478 e. The third kappa shape index (κ3) is 3.04. The number of nitrogens with two attached hydrogens (primary N) is 1. The summed E-state index contributed by atoms with van der Waals surface area (Å²) in [7, 11) is 0. The number of hydrogen-bond acceptors (Lipinski definition) is 3. The zero-order chi connectivity index (χ0) is 8.43. The van der Waals surface area contributed by atoms with E-state index in [1.807, 2.05) is 0 Å². The SMILES string of the molecule is Cl.Cl.Nc1cncc(F)c1C(=O)O. The third-order valence-corrected chi connectivity index (χ3v) is 1.14. The molecular weight excluding hydrogens is 222 g/mol. The number of aromatic nitrogens is 1. The monoisotopic (exact) mass is 228 g/mol. The molecular formula is C6H7Cl2FN2O2. The summed E-state index contributed by atoms with van der Waals surface area (Å²) in [5, 5.41) is 8.40. The summed E-state index contributed by atoms with van der Waals surface area (Å²) in [6.45, 7) is 0. The Balaban J connectivity index is 0. The molecule has 0 aliphatic carbocycles. The number of carbonyl (C=O) groups is 1. The summed E-state index contributed by atoms with van der Waals surface area (Å²) in [6.07, 6.45) is 1.90. The molecule has 0 atom stereocenters. The van der Waals surface area contributed by atoms with E-state index in [2.05, 4.69) is 4.98 Å². The Hall–Kier alpha value is -1.07. The van der Waals surface area contributed by atoms with Crippen LogP contribution in [0.4, 0.5) is 10.1 Å². The lowest BCUT2D eigenvalue weighted by atomic mass is 10.2. The Kier molecular flexibility index (Phi) is 6.18. The van der Waals surface area contributed by atoms with E-state index in [-0.39, 0.29) is 30.5 Å². The quantitative estimate of drug-likeness (QED) is 0.761. The minimum atomic E-state index is -1.39. The van der Waals surface area contributed by atoms with E-state index in [1.165, 1.54) is 0 Å². The van der Waals surface area contributed by atoms with Gasteiger partial charge in [-0.25, -0.2) is 9.18 Å². The average molecular weight is 229 g/mol. The fourth-order valence-corrected chi connectivity index (χ4v) is 0.676. The number of hydrogen-bond donors (Lipinski definition) is 2. The minimum Gasteiger partial charge on any atom is -0.478 e. The van der Waals surface area contributed by atoms with Crippen LogP contribution >= 0.6 is 24.8 Å². The van der Waals surface area contributed by atoms with Gasteiger partial charge in [-0.05, 0) is 0 Å². The predicted octanol–water partition coefficient (Wildman–Crippen LogP) is 1.34. The highest BCUT2D eigenvalue weighted by Gasteiger charge is 2.13. The molecule has 0 amide bonds. The van der Waals surface area contributed by atoms with Gasteiger partial charge >= 0.3 is 5.97 Å². The Bertz CT molecular complexity index is 288. The number of carboxylic acid groups (broad SMARTS) is 1. The highest BCUT2D eigenvalue weighted by Crippen LogP contribution is 2.12. The number of rotatable bonds is 1. The van der Waals surface area contributed by atoms with Crippen molar-refractivity contribution >= 4 is 36.5 Å². The first kappa shape index (κ1) is 14.5. The summed E-state index contributed by atoms with van der Waals surface area (Å²) in [5.41, 5.74) is 4.44. The molecule has 0 spiro atoms. The van der Waals surface area contributed by atoms with Crippen molar-refractivity contribution in [1.82, 2.24) is 4.98 Å². The van der Waals surface area contributed by atoms with E-state index in [1.54, 1.807) is 0 Å². The second-order valence-corrected chi connectivity index (χ2v) is 1.89. The molecule has 1 aromatic rings. The number of pyridine rings is 1. The van der Waals surface area contributed by atoms with Gasteiger partial charge in [-0.15, -0.1) is 24.8 Å². The minimum absolute atomic E-state index is 0. The highest BCUT2D eigenvalue weighted by molar-refractivity contribution is 5.93. The number of nitrogens with zero attached hydrogens (tertiary/aromatic N) is 1. The van der Waals surface area contributed by atoms with Crippen LogP contribution in [0.3, 0.4) is 0 Å². The van der Waals surface area contributed by atoms with Crippen molar-refractivity contribution < 1.29 is 14.3 Å². The number of halogens is 3. The van der Waals surface area contributed by atoms with Crippen LogP contribution in [-0.4, -0.2) is 16.1 Å². The van der Waals surface area contributed by atoms with E-state index in [9.17, 15) is 9.18 Å². The zero-order valence-electron chi connectivity index (χ0n) is 6.23. The van der Waals surface area contributed by atoms with Crippen LogP contribution in [0, 0.1) is 5.82 Å². The smallest absolute Gasteiger partial charge is 0.340 e. The molecule has 0 aliphatic rings. The van der Waals surface area contributed by atoms with Gasteiger partial charge < -0.3 is 10.8 Å². The van der Waals surface area contributed by atoms with Crippen LogP contribution in [0.2, 0.25) is 0 Å². The van der Waals surface area contributed by atoms with Crippen LogP contribution < -0.4 is 5.73 Å². The van der Waals surface area contributed by atoms with Crippen LogP contribution in [0.1, 0.15) is 10.4 Å². The molecule has 4 nitrogen and oxygen atoms in total. The molecule has 0 aliphatic heterocycles. The maximum atomic E-state index is 12.6. The molecule has 0 saturated heterocycles. The lowest BCUT2D eigenvalue weighted by Crippen LogP contribution is -2.05. The summed E-state index contributed by atoms with van der Waals surface area (Å²) in [4.78, 5) is 13.7. The van der Waals surface area contributed by atoms with Crippen molar-refractivity contribution in [1.29, 1.82) is 0 Å². The van der Waals surface area contributed by atoms with E-state index in [0.29, 0.717) is 0 Å². The number of carboxylic acids is 1. The first-order chi connectivity index (χ1) is 5.13. The molecule has 1 heterocycles. The van der Waals surface area contributed by atoms with Crippen LogP contribution in [-0.2, 0) is 0 Å². The number of aromatic carboxylic acids is 1. The molecule has 0 aromatic carbocycles. The third-order valence-electron chi connectivity index (χ3n) is 1.14.